The van der Waals surface area contributed by atoms with Crippen LogP contribution in [-0.4, -0.2) is 54.4 Å². The topological polar surface area (TPSA) is 79.0 Å². The van der Waals surface area contributed by atoms with Gasteiger partial charge in [-0.3, -0.25) is 14.4 Å². The predicted octanol–water partition coefficient (Wildman–Crippen LogP) is 1.56. The zero-order chi connectivity index (χ0) is 19.3. The lowest BCUT2D eigenvalue weighted by Crippen LogP contribution is -2.47. The van der Waals surface area contributed by atoms with Gasteiger partial charge in [0.15, 0.2) is 6.10 Å². The summed E-state index contributed by atoms with van der Waals surface area (Å²) in [5, 5.41) is 2.78. The van der Waals surface area contributed by atoms with Gasteiger partial charge < -0.3 is 19.9 Å². The first-order valence-corrected chi connectivity index (χ1v) is 8.97. The Balaban J connectivity index is 2.01. The number of benzene rings is 1. The van der Waals surface area contributed by atoms with Gasteiger partial charge in [0.05, 0.1) is 12.2 Å². The van der Waals surface area contributed by atoms with Gasteiger partial charge in [0.1, 0.15) is 5.75 Å². The van der Waals surface area contributed by atoms with Crippen molar-refractivity contribution in [1.29, 1.82) is 0 Å². The molecule has 0 saturated carbocycles. The van der Waals surface area contributed by atoms with E-state index >= 15 is 0 Å². The number of para-hydroxylation sites is 2. The van der Waals surface area contributed by atoms with Crippen LogP contribution in [0.2, 0.25) is 0 Å². The van der Waals surface area contributed by atoms with Crippen LogP contribution in [0.4, 0.5) is 5.69 Å². The van der Waals surface area contributed by atoms with Crippen molar-refractivity contribution >= 4 is 23.4 Å². The van der Waals surface area contributed by atoms with Gasteiger partial charge >= 0.3 is 0 Å². The molecule has 7 nitrogen and oxygen atoms in total. The fourth-order valence-electron chi connectivity index (χ4n) is 2.87. The molecule has 142 valence electrons. The standard InChI is InChI=1S/C19H27N3O4/c1-5-21(12-17(23)20-13(2)3)18(24)10-11-22-15-8-6-7-9-16(15)26-14(4)19(22)25/h6-9,13-14H,5,10-12H2,1-4H3,(H,20,23). The Bertz CT molecular complexity index is 675. The molecule has 7 heteroatoms. The average molecular weight is 361 g/mol. The molecule has 26 heavy (non-hydrogen) atoms. The SMILES string of the molecule is CCN(CC(=O)NC(C)C)C(=O)CCN1C(=O)C(C)Oc2ccccc21. The minimum absolute atomic E-state index is 0.0254. The fourth-order valence-corrected chi connectivity index (χ4v) is 2.87. The summed E-state index contributed by atoms with van der Waals surface area (Å²) in [6.07, 6.45) is -0.436. The van der Waals surface area contributed by atoms with E-state index in [0.717, 1.165) is 0 Å². The summed E-state index contributed by atoms with van der Waals surface area (Å²) in [6, 6.07) is 7.31. The minimum atomic E-state index is -0.584. The molecule has 1 aliphatic heterocycles. The maximum Gasteiger partial charge on any atom is 0.267 e. The van der Waals surface area contributed by atoms with Crippen molar-refractivity contribution in [3.8, 4) is 5.75 Å². The Hall–Kier alpha value is -2.57. The van der Waals surface area contributed by atoms with Crippen molar-refractivity contribution in [3.63, 3.8) is 0 Å². The Kier molecular flexibility index (Phi) is 6.60. The lowest BCUT2D eigenvalue weighted by molar-refractivity contribution is -0.136. The molecule has 1 aromatic rings. The summed E-state index contributed by atoms with van der Waals surface area (Å²) in [7, 11) is 0. The molecule has 2 rings (SSSR count). The van der Waals surface area contributed by atoms with Crippen LogP contribution < -0.4 is 15.0 Å². The van der Waals surface area contributed by atoms with Crippen molar-refractivity contribution in [1.82, 2.24) is 10.2 Å². The molecule has 1 aliphatic rings. The van der Waals surface area contributed by atoms with Crippen LogP contribution in [0.25, 0.3) is 0 Å². The summed E-state index contributed by atoms with van der Waals surface area (Å²) >= 11 is 0. The highest BCUT2D eigenvalue weighted by Gasteiger charge is 2.31. The normalized spacial score (nSPS) is 16.1. The van der Waals surface area contributed by atoms with Gasteiger partial charge in [-0.1, -0.05) is 12.1 Å². The number of anilines is 1. The van der Waals surface area contributed by atoms with Gasteiger partial charge in [0.25, 0.3) is 5.91 Å². The molecule has 0 aromatic heterocycles. The first kappa shape index (κ1) is 19.8. The Morgan fingerprint density at radius 1 is 1.31 bits per heavy atom. The largest absolute Gasteiger partial charge is 0.479 e. The van der Waals surface area contributed by atoms with Crippen LogP contribution in [0, 0.1) is 0 Å². The van der Waals surface area contributed by atoms with E-state index in [1.54, 1.807) is 17.9 Å². The molecule has 0 bridgehead atoms. The number of likely N-dealkylation sites (N-methyl/N-ethyl adjacent to an activating group) is 1. The highest BCUT2D eigenvalue weighted by atomic mass is 16.5. The van der Waals surface area contributed by atoms with Gasteiger partial charge in [-0.15, -0.1) is 0 Å². The third-order valence-electron chi connectivity index (χ3n) is 4.14. The second-order valence-corrected chi connectivity index (χ2v) is 6.60. The maximum absolute atomic E-state index is 12.5. The zero-order valence-electron chi connectivity index (χ0n) is 15.8. The lowest BCUT2D eigenvalue weighted by atomic mass is 10.1. The first-order valence-electron chi connectivity index (χ1n) is 8.97. The van der Waals surface area contributed by atoms with Crippen molar-refractivity contribution in [3.05, 3.63) is 24.3 Å². The van der Waals surface area contributed by atoms with Gasteiger partial charge in [-0.05, 0) is 39.8 Å². The van der Waals surface area contributed by atoms with E-state index in [9.17, 15) is 14.4 Å². The summed E-state index contributed by atoms with van der Waals surface area (Å²) in [5.74, 6) is 0.125. The Morgan fingerprint density at radius 2 is 2.00 bits per heavy atom. The summed E-state index contributed by atoms with van der Waals surface area (Å²) in [4.78, 5) is 40.0. The Labute approximate surface area is 154 Å². The van der Waals surface area contributed by atoms with Crippen LogP contribution in [0.5, 0.6) is 5.75 Å². The second-order valence-electron chi connectivity index (χ2n) is 6.60. The molecule has 0 radical (unpaired) electrons. The monoisotopic (exact) mass is 361 g/mol. The van der Waals surface area contributed by atoms with Gasteiger partial charge in [-0.2, -0.15) is 0 Å². The number of ether oxygens (including phenoxy) is 1. The molecule has 1 heterocycles. The molecule has 0 saturated heterocycles. The van der Waals surface area contributed by atoms with Gasteiger partial charge in [0, 0.05) is 25.6 Å². The number of amides is 3. The second kappa shape index (κ2) is 8.69. The maximum atomic E-state index is 12.5. The third kappa shape index (κ3) is 4.74. The number of rotatable bonds is 7. The summed E-state index contributed by atoms with van der Waals surface area (Å²) < 4.78 is 5.60. The quantitative estimate of drug-likeness (QED) is 0.799. The van der Waals surface area contributed by atoms with E-state index in [4.69, 9.17) is 4.74 Å². The highest BCUT2D eigenvalue weighted by molar-refractivity contribution is 6.00. The molecular weight excluding hydrogens is 334 g/mol. The molecule has 3 amide bonds. The zero-order valence-corrected chi connectivity index (χ0v) is 15.8. The highest BCUT2D eigenvalue weighted by Crippen LogP contribution is 2.33. The molecule has 1 unspecified atom stereocenters. The molecule has 1 atom stereocenters. The van der Waals surface area contributed by atoms with Crippen molar-refractivity contribution in [2.75, 3.05) is 24.5 Å². The number of hydrogen-bond donors (Lipinski definition) is 1. The molecule has 0 aliphatic carbocycles. The van der Waals surface area contributed by atoms with Crippen molar-refractivity contribution in [2.45, 2.75) is 46.3 Å². The molecule has 1 aromatic carbocycles. The Morgan fingerprint density at radius 3 is 2.65 bits per heavy atom. The van der Waals surface area contributed by atoms with Crippen LogP contribution in [-0.2, 0) is 14.4 Å². The van der Waals surface area contributed by atoms with Gasteiger partial charge in [-0.25, -0.2) is 0 Å². The van der Waals surface area contributed by atoms with Crippen molar-refractivity contribution in [2.24, 2.45) is 0 Å². The van der Waals surface area contributed by atoms with E-state index in [0.29, 0.717) is 18.0 Å². The lowest BCUT2D eigenvalue weighted by Gasteiger charge is -2.33. The van der Waals surface area contributed by atoms with E-state index < -0.39 is 6.10 Å². The van der Waals surface area contributed by atoms with Crippen LogP contribution >= 0.6 is 0 Å². The summed E-state index contributed by atoms with van der Waals surface area (Å²) in [5.41, 5.74) is 0.670. The third-order valence-corrected chi connectivity index (χ3v) is 4.14. The minimum Gasteiger partial charge on any atom is -0.479 e. The number of nitrogens with zero attached hydrogens (tertiary/aromatic N) is 2. The van der Waals surface area contributed by atoms with Gasteiger partial charge in [0.2, 0.25) is 11.8 Å². The van der Waals surface area contributed by atoms with E-state index in [1.807, 2.05) is 39.0 Å². The van der Waals surface area contributed by atoms with Crippen LogP contribution in [0.3, 0.4) is 0 Å². The first-order chi connectivity index (χ1) is 12.3. The van der Waals surface area contributed by atoms with Crippen LogP contribution in [0.15, 0.2) is 24.3 Å². The molecule has 1 N–H and O–H groups in total. The van der Waals surface area contributed by atoms with E-state index in [2.05, 4.69) is 5.32 Å². The van der Waals surface area contributed by atoms with Crippen molar-refractivity contribution < 1.29 is 19.1 Å². The molecule has 0 spiro atoms. The van der Waals surface area contributed by atoms with Crippen LogP contribution in [0.1, 0.15) is 34.1 Å². The smallest absolute Gasteiger partial charge is 0.267 e. The fraction of sp³-hybridized carbons (Fsp3) is 0.526. The number of fused-ring (bicyclic) bond motifs is 1. The number of carbonyl (C=O) groups is 3. The molecule has 0 fully saturated rings. The number of carbonyl (C=O) groups excluding carboxylic acids is 3. The number of hydrogen-bond acceptors (Lipinski definition) is 4. The van der Waals surface area contributed by atoms with E-state index in [-0.39, 0.29) is 43.3 Å². The predicted molar refractivity (Wildman–Crippen MR) is 99.0 cm³/mol. The summed E-state index contributed by atoms with van der Waals surface area (Å²) in [6.45, 7) is 7.99. The average Bonchev–Trinajstić information content (AvgIpc) is 2.59. The molecular formula is C19H27N3O4. The number of nitrogens with one attached hydrogen (secondary N) is 1. The van der Waals surface area contributed by atoms with E-state index in [1.165, 1.54) is 4.90 Å².